The zero-order chi connectivity index (χ0) is 11.1. The normalized spacial score (nSPS) is 13.0. The number of aliphatic hydroxyl groups is 1. The maximum atomic E-state index is 8.88. The molecule has 0 aliphatic carbocycles. The number of nitrogens with two attached hydrogens (primary N) is 2. The first kappa shape index (κ1) is 12.5. The minimum atomic E-state index is -0.104. The van der Waals surface area contributed by atoms with Gasteiger partial charge < -0.3 is 21.9 Å². The third-order valence-corrected chi connectivity index (χ3v) is 3.08. The predicted molar refractivity (Wildman–Crippen MR) is 61.5 cm³/mol. The lowest BCUT2D eigenvalue weighted by Gasteiger charge is -2.09. The van der Waals surface area contributed by atoms with Crippen molar-refractivity contribution >= 4 is 11.3 Å². The Hall–Kier alpha value is -0.530. The number of thiazole rings is 1. The lowest BCUT2D eigenvalue weighted by Crippen LogP contribution is -2.28. The van der Waals surface area contributed by atoms with E-state index in [-0.39, 0.29) is 12.6 Å². The Bertz CT molecular complexity index is 279. The summed E-state index contributed by atoms with van der Waals surface area (Å²) in [6.07, 6.45) is 2.62. The minimum absolute atomic E-state index is 0.0327. The van der Waals surface area contributed by atoms with Crippen molar-refractivity contribution < 1.29 is 5.11 Å². The van der Waals surface area contributed by atoms with Crippen LogP contribution >= 0.6 is 11.3 Å². The van der Waals surface area contributed by atoms with Gasteiger partial charge in [-0.25, -0.2) is 4.98 Å². The second-order valence-electron chi connectivity index (χ2n) is 3.28. The van der Waals surface area contributed by atoms with Gasteiger partial charge in [0.1, 0.15) is 5.01 Å². The van der Waals surface area contributed by atoms with Gasteiger partial charge in [0.05, 0.1) is 17.5 Å². The average Bonchev–Trinajstić information content (AvgIpc) is 2.72. The van der Waals surface area contributed by atoms with Gasteiger partial charge in [0.2, 0.25) is 0 Å². The molecular formula is C9H18N4OS. The summed E-state index contributed by atoms with van der Waals surface area (Å²) in [5.41, 5.74) is 11.3. The van der Waals surface area contributed by atoms with Gasteiger partial charge in [-0.2, -0.15) is 0 Å². The second-order valence-corrected chi connectivity index (χ2v) is 4.42. The number of nitrogens with one attached hydrogen (secondary N) is 1. The topological polar surface area (TPSA) is 97.2 Å². The monoisotopic (exact) mass is 230 g/mol. The highest BCUT2D eigenvalue weighted by Gasteiger charge is 2.09. The molecule has 0 saturated heterocycles. The molecule has 5 nitrogen and oxygen atoms in total. The van der Waals surface area contributed by atoms with Crippen molar-refractivity contribution in [3.8, 4) is 0 Å². The molecule has 0 unspecified atom stereocenters. The second kappa shape index (κ2) is 6.86. The largest absolute Gasteiger partial charge is 0.391 e. The number of hydrogen-bond acceptors (Lipinski definition) is 6. The van der Waals surface area contributed by atoms with Crippen molar-refractivity contribution in [2.45, 2.75) is 19.1 Å². The molecular weight excluding hydrogens is 212 g/mol. The zero-order valence-corrected chi connectivity index (χ0v) is 9.46. The summed E-state index contributed by atoms with van der Waals surface area (Å²) in [5, 5.41) is 13.0. The van der Waals surface area contributed by atoms with Gasteiger partial charge in [0.15, 0.2) is 0 Å². The third kappa shape index (κ3) is 4.23. The number of rotatable bonds is 7. The fraction of sp³-hybridized carbons (Fsp3) is 0.667. The van der Waals surface area contributed by atoms with Gasteiger partial charge in [0.25, 0.3) is 0 Å². The molecule has 1 rings (SSSR count). The van der Waals surface area contributed by atoms with Crippen LogP contribution in [0, 0.1) is 0 Å². The van der Waals surface area contributed by atoms with Gasteiger partial charge in [-0.05, 0) is 19.5 Å². The first-order valence-corrected chi connectivity index (χ1v) is 5.81. The summed E-state index contributed by atoms with van der Waals surface area (Å²) < 4.78 is 0. The maximum absolute atomic E-state index is 8.88. The highest BCUT2D eigenvalue weighted by atomic mass is 32.1. The van der Waals surface area contributed by atoms with Gasteiger partial charge in [-0.3, -0.25) is 0 Å². The van der Waals surface area contributed by atoms with Gasteiger partial charge in [-0.15, -0.1) is 11.3 Å². The number of aliphatic hydroxyl groups excluding tert-OH is 1. The average molecular weight is 230 g/mol. The Morgan fingerprint density at radius 1 is 1.60 bits per heavy atom. The summed E-state index contributed by atoms with van der Waals surface area (Å²) in [4.78, 5) is 5.00. The van der Waals surface area contributed by atoms with Crippen LogP contribution in [0.15, 0.2) is 6.20 Å². The maximum Gasteiger partial charge on any atom is 0.111 e. The van der Waals surface area contributed by atoms with E-state index < -0.39 is 0 Å². The van der Waals surface area contributed by atoms with Crippen molar-refractivity contribution in [1.29, 1.82) is 0 Å². The molecule has 1 heterocycles. The molecule has 1 aromatic rings. The lowest BCUT2D eigenvalue weighted by molar-refractivity contribution is 0.285. The van der Waals surface area contributed by atoms with Crippen molar-refractivity contribution in [3.63, 3.8) is 0 Å². The molecule has 0 spiro atoms. The molecule has 0 amide bonds. The van der Waals surface area contributed by atoms with E-state index in [9.17, 15) is 0 Å². The Balaban J connectivity index is 2.29. The van der Waals surface area contributed by atoms with Gasteiger partial charge in [0, 0.05) is 12.7 Å². The van der Waals surface area contributed by atoms with E-state index in [2.05, 4.69) is 10.3 Å². The van der Waals surface area contributed by atoms with Crippen molar-refractivity contribution in [1.82, 2.24) is 10.3 Å². The third-order valence-electron chi connectivity index (χ3n) is 1.97. The fourth-order valence-corrected chi connectivity index (χ4v) is 1.92. The van der Waals surface area contributed by atoms with E-state index in [1.165, 1.54) is 11.3 Å². The predicted octanol–water partition coefficient (Wildman–Crippen LogP) is -0.426. The van der Waals surface area contributed by atoms with Crippen LogP contribution in [0.5, 0.6) is 0 Å². The van der Waals surface area contributed by atoms with Crippen molar-refractivity contribution in [3.05, 3.63) is 16.1 Å². The van der Waals surface area contributed by atoms with Crippen LogP contribution in [0.3, 0.4) is 0 Å². The van der Waals surface area contributed by atoms with Crippen molar-refractivity contribution in [2.75, 3.05) is 19.6 Å². The van der Waals surface area contributed by atoms with Crippen LogP contribution in [0.2, 0.25) is 0 Å². The van der Waals surface area contributed by atoms with Crippen LogP contribution in [-0.4, -0.2) is 29.7 Å². The molecule has 86 valence electrons. The summed E-state index contributed by atoms with van der Waals surface area (Å²) in [6.45, 7) is 2.29. The smallest absolute Gasteiger partial charge is 0.111 e. The number of nitrogens with zero attached hydrogens (tertiary/aromatic N) is 1. The Kier molecular flexibility index (Phi) is 5.74. The highest BCUT2D eigenvalue weighted by molar-refractivity contribution is 7.11. The Morgan fingerprint density at radius 3 is 3.00 bits per heavy atom. The van der Waals surface area contributed by atoms with Gasteiger partial charge in [-0.1, -0.05) is 0 Å². The van der Waals surface area contributed by atoms with E-state index in [1.54, 1.807) is 6.20 Å². The Labute approximate surface area is 93.5 Å². The van der Waals surface area contributed by atoms with E-state index in [0.29, 0.717) is 13.1 Å². The van der Waals surface area contributed by atoms with Crippen LogP contribution in [0.1, 0.15) is 22.3 Å². The van der Waals surface area contributed by atoms with Crippen LogP contribution in [0.25, 0.3) is 0 Å². The first-order valence-electron chi connectivity index (χ1n) is 4.99. The molecule has 6 heteroatoms. The van der Waals surface area contributed by atoms with Crippen LogP contribution < -0.4 is 16.8 Å². The van der Waals surface area contributed by atoms with Crippen molar-refractivity contribution in [2.24, 2.45) is 11.5 Å². The van der Waals surface area contributed by atoms with E-state index in [1.807, 2.05) is 0 Å². The minimum Gasteiger partial charge on any atom is -0.391 e. The molecule has 1 aromatic heterocycles. The number of hydrogen-bond donors (Lipinski definition) is 4. The summed E-state index contributed by atoms with van der Waals surface area (Å²) in [7, 11) is 0. The Morgan fingerprint density at radius 2 is 2.40 bits per heavy atom. The molecule has 0 saturated carbocycles. The molecule has 0 aromatic carbocycles. The quantitative estimate of drug-likeness (QED) is 0.477. The summed E-state index contributed by atoms with van der Waals surface area (Å²) >= 11 is 1.45. The summed E-state index contributed by atoms with van der Waals surface area (Å²) in [6, 6.07) is -0.104. The molecule has 0 aliphatic heterocycles. The molecule has 0 bridgehead atoms. The SMILES string of the molecule is NCCCNC[C@@H](N)c1ncc(CO)s1. The lowest BCUT2D eigenvalue weighted by atomic mass is 10.3. The van der Waals surface area contributed by atoms with Crippen LogP contribution in [0.4, 0.5) is 0 Å². The zero-order valence-electron chi connectivity index (χ0n) is 8.65. The van der Waals surface area contributed by atoms with E-state index in [4.69, 9.17) is 16.6 Å². The first-order chi connectivity index (χ1) is 7.27. The molecule has 0 aliphatic rings. The molecule has 15 heavy (non-hydrogen) atoms. The molecule has 0 radical (unpaired) electrons. The summed E-state index contributed by atoms with van der Waals surface area (Å²) in [5.74, 6) is 0. The van der Waals surface area contributed by atoms with E-state index in [0.717, 1.165) is 22.9 Å². The highest BCUT2D eigenvalue weighted by Crippen LogP contribution is 2.17. The number of aromatic nitrogens is 1. The molecule has 0 fully saturated rings. The van der Waals surface area contributed by atoms with Gasteiger partial charge >= 0.3 is 0 Å². The molecule has 6 N–H and O–H groups in total. The van der Waals surface area contributed by atoms with E-state index >= 15 is 0 Å². The standard InChI is InChI=1S/C9H18N4OS/c10-2-1-3-12-5-8(11)9-13-4-7(6-14)15-9/h4,8,12,14H,1-3,5-6,10-11H2/t8-/m1/s1. The fourth-order valence-electron chi connectivity index (χ4n) is 1.14. The molecule has 1 atom stereocenters. The van der Waals surface area contributed by atoms with Crippen LogP contribution in [-0.2, 0) is 6.61 Å².